The van der Waals surface area contributed by atoms with Gasteiger partial charge in [0.25, 0.3) is 0 Å². The van der Waals surface area contributed by atoms with Crippen LogP contribution >= 0.6 is 0 Å². The van der Waals surface area contributed by atoms with Gasteiger partial charge in [-0.15, -0.1) is 0 Å². The van der Waals surface area contributed by atoms with Crippen LogP contribution in [0.2, 0.25) is 0 Å². The summed E-state index contributed by atoms with van der Waals surface area (Å²) in [5.74, 6) is -2.59. The molecular formula is C32H60Na2O10. The van der Waals surface area contributed by atoms with E-state index in [2.05, 4.69) is 13.8 Å². The minimum atomic E-state index is -1.29. The molecule has 0 aliphatic rings. The van der Waals surface area contributed by atoms with E-state index < -0.39 is 37.4 Å². The fourth-order valence-electron chi connectivity index (χ4n) is 4.31. The summed E-state index contributed by atoms with van der Waals surface area (Å²) >= 11 is 0. The largest absolute Gasteiger partial charge is 1.00 e. The number of carboxylic acids is 2. The van der Waals surface area contributed by atoms with Gasteiger partial charge in [-0.3, -0.25) is 0 Å². The van der Waals surface area contributed by atoms with Crippen LogP contribution < -0.4 is 69.3 Å². The Kier molecular flexibility index (Phi) is 44.5. The van der Waals surface area contributed by atoms with Crippen molar-refractivity contribution >= 4 is 11.9 Å². The van der Waals surface area contributed by atoms with E-state index in [4.69, 9.17) is 28.4 Å². The summed E-state index contributed by atoms with van der Waals surface area (Å²) in [5.41, 5.74) is 0. The van der Waals surface area contributed by atoms with Gasteiger partial charge in [0.15, 0.2) is 0 Å². The number of ether oxygens (including phenoxy) is 6. The third kappa shape index (κ3) is 38.9. The zero-order chi connectivity index (χ0) is 30.9. The summed E-state index contributed by atoms with van der Waals surface area (Å²) in [5, 5.41) is 21.6. The average Bonchev–Trinajstić information content (AvgIpc) is 2.97. The van der Waals surface area contributed by atoms with Crippen LogP contribution in [0.5, 0.6) is 0 Å². The Hall–Kier alpha value is 0.700. The van der Waals surface area contributed by atoms with Crippen LogP contribution in [0.15, 0.2) is 0 Å². The zero-order valence-corrected chi connectivity index (χ0v) is 32.6. The molecule has 0 aromatic carbocycles. The topological polar surface area (TPSA) is 136 Å². The summed E-state index contributed by atoms with van der Waals surface area (Å²) in [6, 6.07) is 0. The second-order valence-electron chi connectivity index (χ2n) is 10.9. The molecule has 0 aromatic heterocycles. The fourth-order valence-corrected chi connectivity index (χ4v) is 4.31. The predicted molar refractivity (Wildman–Crippen MR) is 158 cm³/mol. The maximum atomic E-state index is 10.8. The molecule has 0 fully saturated rings. The van der Waals surface area contributed by atoms with Gasteiger partial charge in [0.05, 0.1) is 64.8 Å². The number of unbranched alkanes of at least 4 members (excludes halogenated alkanes) is 14. The summed E-state index contributed by atoms with van der Waals surface area (Å²) < 4.78 is 33.2. The number of carbonyl (C=O) groups excluding carboxylic acids is 2. The van der Waals surface area contributed by atoms with Crippen LogP contribution in [0.4, 0.5) is 0 Å². The molecule has 0 radical (unpaired) electrons. The monoisotopic (exact) mass is 650 g/mol. The summed E-state index contributed by atoms with van der Waals surface area (Å²) in [6.45, 7) is 5.84. The summed E-state index contributed by atoms with van der Waals surface area (Å²) in [4.78, 5) is 21.6. The molecule has 0 saturated carbocycles. The number of aliphatic carboxylic acids is 2. The van der Waals surface area contributed by atoms with Gasteiger partial charge in [-0.2, -0.15) is 0 Å². The molecule has 0 N–H and O–H groups in total. The molecule has 0 saturated heterocycles. The molecule has 0 rings (SSSR count). The molecule has 0 bridgehead atoms. The Morgan fingerprint density at radius 3 is 1.02 bits per heavy atom. The van der Waals surface area contributed by atoms with E-state index in [1.54, 1.807) is 0 Å². The van der Waals surface area contributed by atoms with E-state index in [1.165, 1.54) is 77.0 Å². The van der Waals surface area contributed by atoms with Gasteiger partial charge < -0.3 is 48.2 Å². The second-order valence-corrected chi connectivity index (χ2v) is 10.9. The maximum absolute atomic E-state index is 10.8. The molecule has 0 aliphatic carbocycles. The van der Waals surface area contributed by atoms with Crippen molar-refractivity contribution in [2.45, 2.75) is 129 Å². The molecular weight excluding hydrogens is 590 g/mol. The van der Waals surface area contributed by atoms with Crippen LogP contribution in [0, 0.1) is 0 Å². The number of carboxylic acid groups (broad SMARTS) is 2. The summed E-state index contributed by atoms with van der Waals surface area (Å²) in [6.07, 6.45) is 18.3. The molecule has 0 spiro atoms. The SMILES string of the molecule is CCCCCCCCCCOCC(COCCOCC(COCCCCCCCCCC)OCC(=O)[O-])OCC(=O)[O-].[Na+].[Na+]. The third-order valence-corrected chi connectivity index (χ3v) is 6.75. The Labute approximate surface area is 311 Å². The van der Waals surface area contributed by atoms with E-state index in [1.807, 2.05) is 0 Å². The van der Waals surface area contributed by atoms with Crippen LogP contribution in [0.3, 0.4) is 0 Å². The van der Waals surface area contributed by atoms with Gasteiger partial charge in [-0.25, -0.2) is 0 Å². The normalized spacial score (nSPS) is 12.3. The number of carbonyl (C=O) groups is 2. The smallest absolute Gasteiger partial charge is 0.548 e. The van der Waals surface area contributed by atoms with Crippen molar-refractivity contribution in [3.05, 3.63) is 0 Å². The van der Waals surface area contributed by atoms with Crippen molar-refractivity contribution in [1.82, 2.24) is 0 Å². The molecule has 0 amide bonds. The molecule has 10 nitrogen and oxygen atoms in total. The van der Waals surface area contributed by atoms with E-state index >= 15 is 0 Å². The first kappa shape index (κ1) is 49.1. The Balaban J connectivity index is -0.00000840. The molecule has 44 heavy (non-hydrogen) atoms. The Morgan fingerprint density at radius 1 is 0.455 bits per heavy atom. The van der Waals surface area contributed by atoms with Crippen molar-refractivity contribution in [2.24, 2.45) is 0 Å². The molecule has 2 atom stereocenters. The Morgan fingerprint density at radius 2 is 0.727 bits per heavy atom. The van der Waals surface area contributed by atoms with Crippen LogP contribution in [0.25, 0.3) is 0 Å². The maximum Gasteiger partial charge on any atom is 1.00 e. The fraction of sp³-hybridized carbons (Fsp3) is 0.938. The van der Waals surface area contributed by atoms with Crippen LogP contribution in [-0.4, -0.2) is 90.2 Å². The van der Waals surface area contributed by atoms with E-state index in [0.29, 0.717) is 13.2 Å². The third-order valence-electron chi connectivity index (χ3n) is 6.75. The van der Waals surface area contributed by atoms with Gasteiger partial charge >= 0.3 is 59.1 Å². The number of hydrogen-bond donors (Lipinski definition) is 0. The first-order valence-electron chi connectivity index (χ1n) is 16.4. The van der Waals surface area contributed by atoms with Crippen molar-refractivity contribution in [2.75, 3.05) is 66.1 Å². The second kappa shape index (κ2) is 39.9. The van der Waals surface area contributed by atoms with E-state index in [-0.39, 0.29) is 98.8 Å². The molecule has 0 aliphatic heterocycles. The minimum absolute atomic E-state index is 0. The van der Waals surface area contributed by atoms with Crippen molar-refractivity contribution in [3.8, 4) is 0 Å². The van der Waals surface area contributed by atoms with Gasteiger partial charge in [0, 0.05) is 13.2 Å². The first-order chi connectivity index (χ1) is 20.5. The van der Waals surface area contributed by atoms with Crippen LogP contribution in [0.1, 0.15) is 117 Å². The minimum Gasteiger partial charge on any atom is -0.548 e. The number of hydrogen-bond acceptors (Lipinski definition) is 10. The standard InChI is InChI=1S/C32H62O10.2Na/c1-3-5-7-9-11-13-15-17-19-37-23-29(41-27-31(33)34)25-39-21-22-40-26-30(42-28-32(35)36)24-38-20-18-16-14-12-10-8-6-4-2;;/h29-30H,3-28H2,1-2H3,(H,33,34)(H,35,36);;/q;2*+1/p-2. The molecule has 12 heteroatoms. The molecule has 0 heterocycles. The molecule has 0 aromatic rings. The Bertz CT molecular complexity index is 551. The predicted octanol–water partition coefficient (Wildman–Crippen LogP) is -2.39. The van der Waals surface area contributed by atoms with Gasteiger partial charge in [0.2, 0.25) is 0 Å². The van der Waals surface area contributed by atoms with Gasteiger partial charge in [0.1, 0.15) is 12.2 Å². The zero-order valence-electron chi connectivity index (χ0n) is 28.6. The van der Waals surface area contributed by atoms with Crippen molar-refractivity contribution in [3.63, 3.8) is 0 Å². The average molecular weight is 651 g/mol. The molecule has 250 valence electrons. The molecule has 2 unspecified atom stereocenters. The van der Waals surface area contributed by atoms with E-state index in [9.17, 15) is 19.8 Å². The van der Waals surface area contributed by atoms with Gasteiger partial charge in [-0.05, 0) is 12.8 Å². The van der Waals surface area contributed by atoms with E-state index in [0.717, 1.165) is 25.7 Å². The summed E-state index contributed by atoms with van der Waals surface area (Å²) in [7, 11) is 0. The van der Waals surface area contributed by atoms with Crippen LogP contribution in [-0.2, 0) is 38.0 Å². The quantitative estimate of drug-likeness (QED) is 0.0540. The van der Waals surface area contributed by atoms with Crippen molar-refractivity contribution < 1.29 is 107 Å². The van der Waals surface area contributed by atoms with Gasteiger partial charge in [-0.1, -0.05) is 104 Å². The number of rotatable bonds is 35. The van der Waals surface area contributed by atoms with Crippen molar-refractivity contribution in [1.29, 1.82) is 0 Å². The first-order valence-corrected chi connectivity index (χ1v) is 16.4.